The molecule has 0 amide bonds. The number of fused-ring (bicyclic) bond motifs is 18. The monoisotopic (exact) mass is 880 g/mol. The summed E-state index contributed by atoms with van der Waals surface area (Å²) in [6.45, 7) is 0.0836. The zero-order chi connectivity index (χ0) is 45.3. The Morgan fingerprint density at radius 3 is 1.01 bits per heavy atom. The molecule has 2 nitrogen and oxygen atoms in total. The molecule has 0 fully saturated rings. The third-order valence-electron chi connectivity index (χ3n) is 16.5. The van der Waals surface area contributed by atoms with Gasteiger partial charge >= 0.3 is 0 Å². The fourth-order valence-electron chi connectivity index (χ4n) is 13.9. The highest BCUT2D eigenvalue weighted by Gasteiger charge is 2.47. The minimum Gasteiger partial charge on any atom is -0.310 e. The summed E-state index contributed by atoms with van der Waals surface area (Å²) in [6, 6.07) is 87.1. The van der Waals surface area contributed by atoms with E-state index in [-0.39, 0.29) is 13.4 Å². The molecule has 0 N–H and O–H groups in total. The van der Waals surface area contributed by atoms with Crippen LogP contribution in [0.1, 0.15) is 0 Å². The molecule has 11 aromatic carbocycles. The lowest BCUT2D eigenvalue weighted by Gasteiger charge is -2.31. The van der Waals surface area contributed by atoms with Gasteiger partial charge in [0.05, 0.1) is 22.1 Å². The van der Waals surface area contributed by atoms with Crippen LogP contribution in [0.15, 0.2) is 231 Å². The summed E-state index contributed by atoms with van der Waals surface area (Å²) in [6.07, 6.45) is 0. The number of aromatic nitrogens is 2. The molecule has 2 aromatic heterocycles. The van der Waals surface area contributed by atoms with Gasteiger partial charge < -0.3 is 9.13 Å². The Hall–Kier alpha value is -8.85. The van der Waals surface area contributed by atoms with E-state index in [4.69, 9.17) is 0 Å². The van der Waals surface area contributed by atoms with Crippen LogP contribution in [0.2, 0.25) is 0 Å². The van der Waals surface area contributed by atoms with Gasteiger partial charge in [-0.2, -0.15) is 0 Å². The average Bonchev–Trinajstić information content (AvgIpc) is 4.18. The molecule has 0 saturated carbocycles. The Bertz CT molecular complexity index is 4170. The quantitative estimate of drug-likeness (QED) is 0.156. The van der Waals surface area contributed by atoms with Crippen molar-refractivity contribution < 1.29 is 0 Å². The number of hydrogen-bond donors (Lipinski definition) is 0. The summed E-state index contributed by atoms with van der Waals surface area (Å²) in [5.41, 5.74) is 31.5. The van der Waals surface area contributed by atoms with Crippen LogP contribution in [0.4, 0.5) is 0 Å². The van der Waals surface area contributed by atoms with Crippen molar-refractivity contribution in [1.82, 2.24) is 9.13 Å². The van der Waals surface area contributed by atoms with Crippen molar-refractivity contribution >= 4 is 89.8 Å². The molecule has 13 aromatic rings. The van der Waals surface area contributed by atoms with Crippen molar-refractivity contribution in [2.24, 2.45) is 0 Å². The Balaban J connectivity index is 1.06. The maximum absolute atomic E-state index is 2.68. The van der Waals surface area contributed by atoms with Gasteiger partial charge in [0.1, 0.15) is 0 Å². The molecule has 4 aliphatic heterocycles. The highest BCUT2D eigenvalue weighted by molar-refractivity contribution is 7.03. The van der Waals surface area contributed by atoms with E-state index in [2.05, 4.69) is 240 Å². The van der Waals surface area contributed by atoms with Gasteiger partial charge in [0.15, 0.2) is 0 Å². The Kier molecular flexibility index (Phi) is 7.13. The first-order chi connectivity index (χ1) is 34.8. The highest BCUT2D eigenvalue weighted by atomic mass is 15.0. The van der Waals surface area contributed by atoms with Crippen molar-refractivity contribution in [1.29, 1.82) is 0 Å². The first kappa shape index (κ1) is 37.2. The Morgan fingerprint density at radius 1 is 0.271 bits per heavy atom. The van der Waals surface area contributed by atoms with Crippen LogP contribution >= 0.6 is 0 Å². The van der Waals surface area contributed by atoms with E-state index in [1.54, 1.807) is 0 Å². The predicted octanol–water partition coefficient (Wildman–Crippen LogP) is 12.2. The summed E-state index contributed by atoms with van der Waals surface area (Å²) >= 11 is 0. The molecule has 0 saturated heterocycles. The molecular formula is C66H38B2N2. The van der Waals surface area contributed by atoms with Crippen molar-refractivity contribution in [2.45, 2.75) is 0 Å². The molecule has 4 aliphatic rings. The van der Waals surface area contributed by atoms with Crippen LogP contribution in [0, 0.1) is 0 Å². The normalized spacial score (nSPS) is 13.1. The molecule has 0 spiro atoms. The average molecular weight is 881 g/mol. The van der Waals surface area contributed by atoms with Crippen LogP contribution in [0.3, 0.4) is 0 Å². The van der Waals surface area contributed by atoms with E-state index in [1.807, 2.05) is 0 Å². The topological polar surface area (TPSA) is 9.86 Å². The van der Waals surface area contributed by atoms with Crippen LogP contribution in [-0.2, 0) is 0 Å². The van der Waals surface area contributed by atoms with E-state index < -0.39 is 0 Å². The zero-order valence-corrected chi connectivity index (χ0v) is 38.0. The summed E-state index contributed by atoms with van der Waals surface area (Å²) in [5, 5.41) is 5.24. The SMILES string of the molecule is c1ccc(-c2cc3c4c(-c5ccccc5)cccc4n4c3c3c2-c2ccccc2B3c2cc3c(cc2-4)B2c4ccccc4-c4c(-c5ccccc5)cc5c6c(-c7ccccc7)cccc6n-3c5c42)cc1. The summed E-state index contributed by atoms with van der Waals surface area (Å²) in [5.74, 6) is 0. The molecule has 0 bridgehead atoms. The van der Waals surface area contributed by atoms with Crippen LogP contribution in [0.5, 0.6) is 0 Å². The lowest BCUT2D eigenvalue weighted by Crippen LogP contribution is -2.57. The maximum Gasteiger partial charge on any atom is 0.248 e. The molecule has 0 unspecified atom stereocenters. The first-order valence-electron chi connectivity index (χ1n) is 24.7. The molecule has 70 heavy (non-hydrogen) atoms. The summed E-state index contributed by atoms with van der Waals surface area (Å²) < 4.78 is 5.36. The van der Waals surface area contributed by atoms with E-state index in [0.29, 0.717) is 0 Å². The number of benzene rings is 11. The van der Waals surface area contributed by atoms with E-state index >= 15 is 0 Å². The van der Waals surface area contributed by atoms with E-state index in [0.717, 1.165) is 0 Å². The Morgan fingerprint density at radius 2 is 0.614 bits per heavy atom. The number of hydrogen-bond acceptors (Lipinski definition) is 0. The van der Waals surface area contributed by atoms with Gasteiger partial charge in [0, 0.05) is 32.9 Å². The second-order valence-corrected chi connectivity index (χ2v) is 19.8. The molecular weight excluding hydrogens is 842 g/mol. The van der Waals surface area contributed by atoms with E-state index in [1.165, 1.54) is 155 Å². The number of nitrogens with zero attached hydrogens (tertiary/aromatic N) is 2. The van der Waals surface area contributed by atoms with Gasteiger partial charge in [-0.1, -0.05) is 205 Å². The minimum atomic E-state index is 0.0418. The minimum absolute atomic E-state index is 0.0418. The number of rotatable bonds is 4. The largest absolute Gasteiger partial charge is 0.310 e. The Labute approximate surface area is 405 Å². The molecule has 0 radical (unpaired) electrons. The van der Waals surface area contributed by atoms with Gasteiger partial charge in [0.2, 0.25) is 13.4 Å². The maximum atomic E-state index is 2.68. The van der Waals surface area contributed by atoms with Crippen molar-refractivity contribution in [2.75, 3.05) is 0 Å². The van der Waals surface area contributed by atoms with Gasteiger partial charge in [-0.05, 0) is 125 Å². The smallest absolute Gasteiger partial charge is 0.248 e. The lowest BCUT2D eigenvalue weighted by atomic mass is 9.35. The molecule has 4 heteroatoms. The highest BCUT2D eigenvalue weighted by Crippen LogP contribution is 2.49. The first-order valence-corrected chi connectivity index (χ1v) is 24.7. The lowest BCUT2D eigenvalue weighted by molar-refractivity contribution is 1.16. The second kappa shape index (κ2) is 13.4. The standard InChI is InChI=1S/C66H38B2N2/c1-5-19-39(20-6-1)43-29-17-33-55-59(43)49-35-47(41-23-9-3-10-24-41)61-45-27-13-15-31-51(45)67-53-38-58-54(37-57(53)69(55)65(49)63(61)67)68-52-32-16-14-28-46(52)62-48(42-25-11-4-12-26-42)36-50-60-44(40-21-7-2-8-22-40)30-18-34-56(60)70(58)66(50)64(62)68/h1-38H. The van der Waals surface area contributed by atoms with Crippen LogP contribution < -0.4 is 32.8 Å². The molecule has 0 aliphatic carbocycles. The van der Waals surface area contributed by atoms with Gasteiger partial charge in [-0.3, -0.25) is 0 Å². The molecule has 0 atom stereocenters. The van der Waals surface area contributed by atoms with E-state index in [9.17, 15) is 0 Å². The second-order valence-electron chi connectivity index (χ2n) is 19.8. The fraction of sp³-hybridized carbons (Fsp3) is 0. The van der Waals surface area contributed by atoms with Crippen molar-refractivity contribution in [3.05, 3.63) is 231 Å². The molecule has 318 valence electrons. The third kappa shape index (κ3) is 4.57. The van der Waals surface area contributed by atoms with Crippen molar-refractivity contribution in [3.8, 4) is 78.1 Å². The summed E-state index contributed by atoms with van der Waals surface area (Å²) in [7, 11) is 0. The van der Waals surface area contributed by atoms with Gasteiger partial charge in [-0.15, -0.1) is 0 Å². The van der Waals surface area contributed by atoms with Crippen LogP contribution in [0.25, 0.3) is 122 Å². The molecule has 17 rings (SSSR count). The fourth-order valence-corrected chi connectivity index (χ4v) is 13.9. The zero-order valence-electron chi connectivity index (χ0n) is 38.0. The van der Waals surface area contributed by atoms with Gasteiger partial charge in [0.25, 0.3) is 0 Å². The molecule has 6 heterocycles. The predicted molar refractivity (Wildman–Crippen MR) is 297 cm³/mol. The summed E-state index contributed by atoms with van der Waals surface area (Å²) in [4.78, 5) is 0. The van der Waals surface area contributed by atoms with Crippen molar-refractivity contribution in [3.63, 3.8) is 0 Å². The van der Waals surface area contributed by atoms with Gasteiger partial charge in [-0.25, -0.2) is 0 Å². The third-order valence-corrected chi connectivity index (χ3v) is 16.5. The van der Waals surface area contributed by atoms with Crippen LogP contribution in [-0.4, -0.2) is 22.6 Å².